The molecule has 0 bridgehead atoms. The molecule has 150 valence electrons. The van der Waals surface area contributed by atoms with Gasteiger partial charge in [-0.25, -0.2) is 4.98 Å². The molecule has 0 unspecified atom stereocenters. The molecule has 2 aromatic carbocycles. The van der Waals surface area contributed by atoms with E-state index in [4.69, 9.17) is 4.74 Å². The second kappa shape index (κ2) is 8.61. The highest BCUT2D eigenvalue weighted by Crippen LogP contribution is 2.20. The second-order valence-corrected chi connectivity index (χ2v) is 6.95. The third-order valence-electron chi connectivity index (χ3n) is 4.82. The van der Waals surface area contributed by atoms with Crippen molar-refractivity contribution >= 4 is 11.6 Å². The van der Waals surface area contributed by atoms with Gasteiger partial charge in [0.05, 0.1) is 17.5 Å². The summed E-state index contributed by atoms with van der Waals surface area (Å²) in [6, 6.07) is 21.4. The molecule has 4 aromatic rings. The number of anilines is 2. The zero-order valence-electron chi connectivity index (χ0n) is 16.9. The van der Waals surface area contributed by atoms with Crippen LogP contribution in [0.4, 0.5) is 11.6 Å². The molecule has 30 heavy (non-hydrogen) atoms. The maximum atomic E-state index is 12.9. The topological polar surface area (TPSA) is 69.0 Å². The Morgan fingerprint density at radius 1 is 0.933 bits per heavy atom. The minimum atomic E-state index is -0.175. The SMILES string of the molecule is Cc1ccccc1Nc1ncc(-c2ccc(OCc3ccccc3)cn2)c(=O)n1C. The standard InChI is InChI=1S/C24H22N4O2/c1-17-8-6-7-11-21(17)27-24-26-15-20(23(29)28(24)2)22-13-12-19(14-25-22)30-16-18-9-4-3-5-10-18/h3-15H,16H2,1-2H3,(H,26,27). The first kappa shape index (κ1) is 19.4. The average molecular weight is 398 g/mol. The molecule has 6 heteroatoms. The molecule has 2 aromatic heterocycles. The van der Waals surface area contributed by atoms with E-state index in [1.54, 1.807) is 25.5 Å². The molecule has 0 aliphatic rings. The van der Waals surface area contributed by atoms with Crippen LogP contribution >= 0.6 is 0 Å². The maximum Gasteiger partial charge on any atom is 0.264 e. The minimum Gasteiger partial charge on any atom is -0.487 e. The van der Waals surface area contributed by atoms with Crippen LogP contribution in [0.2, 0.25) is 0 Å². The summed E-state index contributed by atoms with van der Waals surface area (Å²) in [5.74, 6) is 1.12. The third-order valence-corrected chi connectivity index (χ3v) is 4.82. The fourth-order valence-corrected chi connectivity index (χ4v) is 3.04. The van der Waals surface area contributed by atoms with Gasteiger partial charge in [0.1, 0.15) is 12.4 Å². The third kappa shape index (κ3) is 4.22. The molecule has 0 aliphatic heterocycles. The van der Waals surface area contributed by atoms with Gasteiger partial charge in [0.15, 0.2) is 0 Å². The number of hydrogen-bond acceptors (Lipinski definition) is 5. The number of nitrogens with zero attached hydrogens (tertiary/aromatic N) is 3. The minimum absolute atomic E-state index is 0.175. The number of pyridine rings is 1. The normalized spacial score (nSPS) is 10.6. The van der Waals surface area contributed by atoms with Crippen molar-refractivity contribution in [2.45, 2.75) is 13.5 Å². The number of rotatable bonds is 6. The van der Waals surface area contributed by atoms with Crippen LogP contribution in [0.1, 0.15) is 11.1 Å². The molecule has 1 N–H and O–H groups in total. The summed E-state index contributed by atoms with van der Waals surface area (Å²) in [6.45, 7) is 2.46. The lowest BCUT2D eigenvalue weighted by Crippen LogP contribution is -2.22. The molecule has 0 saturated carbocycles. The van der Waals surface area contributed by atoms with E-state index in [1.165, 1.54) is 4.57 Å². The molecule has 6 nitrogen and oxygen atoms in total. The Kier molecular flexibility index (Phi) is 5.57. The van der Waals surface area contributed by atoms with E-state index < -0.39 is 0 Å². The first-order valence-electron chi connectivity index (χ1n) is 9.63. The Morgan fingerprint density at radius 3 is 2.43 bits per heavy atom. The lowest BCUT2D eigenvalue weighted by atomic mass is 10.2. The summed E-state index contributed by atoms with van der Waals surface area (Å²) in [7, 11) is 1.69. The van der Waals surface area contributed by atoms with Gasteiger partial charge in [-0.3, -0.25) is 14.3 Å². The monoisotopic (exact) mass is 398 g/mol. The van der Waals surface area contributed by atoms with Crippen LogP contribution in [0.25, 0.3) is 11.3 Å². The van der Waals surface area contributed by atoms with Gasteiger partial charge in [0.25, 0.3) is 5.56 Å². The molecule has 2 heterocycles. The lowest BCUT2D eigenvalue weighted by molar-refractivity contribution is 0.305. The molecular formula is C24H22N4O2. The van der Waals surface area contributed by atoms with Crippen LogP contribution in [0.15, 0.2) is 83.9 Å². The van der Waals surface area contributed by atoms with Crippen molar-refractivity contribution in [2.24, 2.45) is 7.05 Å². The highest BCUT2D eigenvalue weighted by atomic mass is 16.5. The summed E-state index contributed by atoms with van der Waals surface area (Å²) in [6.07, 6.45) is 3.17. The summed E-state index contributed by atoms with van der Waals surface area (Å²) >= 11 is 0. The van der Waals surface area contributed by atoms with Gasteiger partial charge in [-0.15, -0.1) is 0 Å². The van der Waals surface area contributed by atoms with Gasteiger partial charge >= 0.3 is 0 Å². The number of benzene rings is 2. The summed E-state index contributed by atoms with van der Waals surface area (Å²) in [5, 5.41) is 3.21. The summed E-state index contributed by atoms with van der Waals surface area (Å²) < 4.78 is 7.25. The molecule has 0 amide bonds. The van der Waals surface area contributed by atoms with Crippen molar-refractivity contribution in [2.75, 3.05) is 5.32 Å². The van der Waals surface area contributed by atoms with Crippen LogP contribution in [-0.2, 0) is 13.7 Å². The summed E-state index contributed by atoms with van der Waals surface area (Å²) in [5.41, 5.74) is 3.87. The highest BCUT2D eigenvalue weighted by Gasteiger charge is 2.11. The van der Waals surface area contributed by atoms with Crippen LogP contribution in [0, 0.1) is 6.92 Å². The number of para-hydroxylation sites is 1. The molecule has 4 rings (SSSR count). The van der Waals surface area contributed by atoms with E-state index in [9.17, 15) is 4.79 Å². The van der Waals surface area contributed by atoms with Gasteiger partial charge in [-0.1, -0.05) is 48.5 Å². The first-order chi connectivity index (χ1) is 14.6. The Bertz CT molecular complexity index is 1200. The van der Waals surface area contributed by atoms with Gasteiger partial charge in [-0.2, -0.15) is 0 Å². The maximum absolute atomic E-state index is 12.9. The van der Waals surface area contributed by atoms with E-state index in [1.807, 2.05) is 67.6 Å². The fourth-order valence-electron chi connectivity index (χ4n) is 3.04. The number of hydrogen-bond donors (Lipinski definition) is 1. The average Bonchev–Trinajstić information content (AvgIpc) is 2.78. The van der Waals surface area contributed by atoms with E-state index in [2.05, 4.69) is 15.3 Å². The Balaban J connectivity index is 1.52. The predicted molar refractivity (Wildman–Crippen MR) is 118 cm³/mol. The highest BCUT2D eigenvalue weighted by molar-refractivity contribution is 5.61. The molecule has 0 saturated heterocycles. The second-order valence-electron chi connectivity index (χ2n) is 6.95. The van der Waals surface area contributed by atoms with Crippen molar-refractivity contribution < 1.29 is 4.74 Å². The molecule has 0 fully saturated rings. The largest absolute Gasteiger partial charge is 0.487 e. The van der Waals surface area contributed by atoms with Gasteiger partial charge in [0, 0.05) is 18.9 Å². The van der Waals surface area contributed by atoms with Crippen molar-refractivity contribution in [1.82, 2.24) is 14.5 Å². The van der Waals surface area contributed by atoms with E-state index in [-0.39, 0.29) is 5.56 Å². The van der Waals surface area contributed by atoms with E-state index >= 15 is 0 Å². The summed E-state index contributed by atoms with van der Waals surface area (Å²) in [4.78, 5) is 21.7. The Labute approximate surface area is 174 Å². The first-order valence-corrected chi connectivity index (χ1v) is 9.63. The van der Waals surface area contributed by atoms with Gasteiger partial charge in [-0.05, 0) is 36.2 Å². The Morgan fingerprint density at radius 2 is 1.70 bits per heavy atom. The molecule has 0 radical (unpaired) electrons. The predicted octanol–water partition coefficient (Wildman–Crippen LogP) is 4.47. The molecule has 0 aliphatic carbocycles. The zero-order chi connectivity index (χ0) is 20.9. The van der Waals surface area contributed by atoms with E-state index in [0.717, 1.165) is 16.8 Å². The van der Waals surface area contributed by atoms with Crippen molar-refractivity contribution in [1.29, 1.82) is 0 Å². The lowest BCUT2D eigenvalue weighted by Gasteiger charge is -2.13. The number of aryl methyl sites for hydroxylation is 1. The van der Waals surface area contributed by atoms with Crippen LogP contribution in [-0.4, -0.2) is 14.5 Å². The number of nitrogens with one attached hydrogen (secondary N) is 1. The number of ether oxygens (including phenoxy) is 1. The van der Waals surface area contributed by atoms with Crippen LogP contribution in [0.3, 0.4) is 0 Å². The van der Waals surface area contributed by atoms with Crippen molar-refractivity contribution in [3.8, 4) is 17.0 Å². The van der Waals surface area contributed by atoms with E-state index in [0.29, 0.717) is 29.6 Å². The van der Waals surface area contributed by atoms with Crippen molar-refractivity contribution in [3.63, 3.8) is 0 Å². The smallest absolute Gasteiger partial charge is 0.264 e. The Hall–Kier alpha value is -3.93. The molecule has 0 spiro atoms. The van der Waals surface area contributed by atoms with Gasteiger partial charge in [0.2, 0.25) is 5.95 Å². The van der Waals surface area contributed by atoms with Crippen LogP contribution in [0.5, 0.6) is 5.75 Å². The fraction of sp³-hybridized carbons (Fsp3) is 0.125. The van der Waals surface area contributed by atoms with Crippen LogP contribution < -0.4 is 15.6 Å². The molecule has 0 atom stereocenters. The molecular weight excluding hydrogens is 376 g/mol. The quantitative estimate of drug-likeness (QED) is 0.519. The number of aromatic nitrogens is 3. The van der Waals surface area contributed by atoms with Crippen molar-refractivity contribution in [3.05, 3.63) is 101 Å². The van der Waals surface area contributed by atoms with Gasteiger partial charge < -0.3 is 10.1 Å². The zero-order valence-corrected chi connectivity index (χ0v) is 16.9.